The number of amides is 1. The molecule has 0 spiro atoms. The van der Waals surface area contributed by atoms with Gasteiger partial charge in [-0.15, -0.1) is 0 Å². The summed E-state index contributed by atoms with van der Waals surface area (Å²) in [5, 5.41) is 13.7. The highest BCUT2D eigenvalue weighted by atomic mass is 16.5. The van der Waals surface area contributed by atoms with E-state index >= 15 is 0 Å². The second-order valence-corrected chi connectivity index (χ2v) is 6.38. The van der Waals surface area contributed by atoms with E-state index in [-0.39, 0.29) is 24.7 Å². The Bertz CT molecular complexity index is 513. The number of aliphatic hydroxyl groups is 1. The molecule has 1 amide bonds. The Kier molecular flexibility index (Phi) is 5.58. The number of morpholine rings is 1. The molecular formula is C16H27N3O3. The maximum atomic E-state index is 12.9. The van der Waals surface area contributed by atoms with Crippen molar-refractivity contribution in [1.82, 2.24) is 14.7 Å². The minimum absolute atomic E-state index is 0.00783. The summed E-state index contributed by atoms with van der Waals surface area (Å²) in [5.41, 5.74) is 1.66. The maximum absolute atomic E-state index is 12.9. The Hall–Kier alpha value is -1.40. The van der Waals surface area contributed by atoms with E-state index in [4.69, 9.17) is 4.74 Å². The van der Waals surface area contributed by atoms with Gasteiger partial charge in [0.1, 0.15) is 0 Å². The van der Waals surface area contributed by atoms with Crippen LogP contribution in [-0.2, 0) is 17.7 Å². The van der Waals surface area contributed by atoms with Crippen LogP contribution in [0.25, 0.3) is 0 Å². The Morgan fingerprint density at radius 3 is 2.86 bits per heavy atom. The molecule has 1 fully saturated rings. The minimum atomic E-state index is -0.295. The Balaban J connectivity index is 2.23. The molecule has 6 heteroatoms. The summed E-state index contributed by atoms with van der Waals surface area (Å²) in [4.78, 5) is 14.7. The zero-order valence-corrected chi connectivity index (χ0v) is 14.0. The van der Waals surface area contributed by atoms with Gasteiger partial charge < -0.3 is 14.7 Å². The lowest BCUT2D eigenvalue weighted by atomic mass is 10.1. The topological polar surface area (TPSA) is 67.6 Å². The molecule has 2 rings (SSSR count). The Morgan fingerprint density at radius 1 is 1.55 bits per heavy atom. The van der Waals surface area contributed by atoms with Crippen molar-refractivity contribution in [2.75, 3.05) is 19.8 Å². The van der Waals surface area contributed by atoms with E-state index in [0.717, 1.165) is 18.7 Å². The highest BCUT2D eigenvalue weighted by Gasteiger charge is 2.31. The second-order valence-electron chi connectivity index (χ2n) is 6.38. The molecule has 1 aliphatic heterocycles. The molecule has 124 valence electrons. The van der Waals surface area contributed by atoms with E-state index in [1.165, 1.54) is 0 Å². The van der Waals surface area contributed by atoms with Crippen molar-refractivity contribution in [3.8, 4) is 0 Å². The van der Waals surface area contributed by atoms with Crippen LogP contribution in [0.5, 0.6) is 0 Å². The molecular weight excluding hydrogens is 282 g/mol. The molecule has 2 atom stereocenters. The molecule has 6 nitrogen and oxygen atoms in total. The quantitative estimate of drug-likeness (QED) is 0.891. The fourth-order valence-electron chi connectivity index (χ4n) is 2.83. The van der Waals surface area contributed by atoms with Gasteiger partial charge in [0.05, 0.1) is 42.8 Å². The van der Waals surface area contributed by atoms with Crippen LogP contribution in [0.1, 0.15) is 43.7 Å². The van der Waals surface area contributed by atoms with Gasteiger partial charge in [-0.05, 0) is 19.3 Å². The normalized spacial score (nSPS) is 22.4. The number of carbonyl (C=O) groups is 1. The van der Waals surface area contributed by atoms with Gasteiger partial charge in [-0.3, -0.25) is 9.48 Å². The summed E-state index contributed by atoms with van der Waals surface area (Å²) in [5.74, 6) is 0.468. The van der Waals surface area contributed by atoms with E-state index in [0.29, 0.717) is 24.6 Å². The predicted octanol–water partition coefficient (Wildman–Crippen LogP) is 1.32. The lowest BCUT2D eigenvalue weighted by Crippen LogP contribution is -2.52. The smallest absolute Gasteiger partial charge is 0.257 e. The fourth-order valence-corrected chi connectivity index (χ4v) is 2.83. The third-order valence-corrected chi connectivity index (χ3v) is 4.02. The van der Waals surface area contributed by atoms with E-state index in [2.05, 4.69) is 18.9 Å². The molecule has 0 bridgehead atoms. The first-order chi connectivity index (χ1) is 10.5. The van der Waals surface area contributed by atoms with Crippen molar-refractivity contribution >= 4 is 5.91 Å². The van der Waals surface area contributed by atoms with Gasteiger partial charge in [0.2, 0.25) is 0 Å². The summed E-state index contributed by atoms with van der Waals surface area (Å²) in [6.45, 7) is 9.92. The van der Waals surface area contributed by atoms with Crippen LogP contribution in [0, 0.1) is 5.92 Å². The van der Waals surface area contributed by atoms with Gasteiger partial charge in [0, 0.05) is 13.1 Å². The number of aliphatic hydroxyl groups excluding tert-OH is 1. The molecule has 0 radical (unpaired) electrons. The third kappa shape index (κ3) is 3.50. The SMILES string of the molecule is CCc1c(C(=O)N2C[C@H](CO)OC[C@H]2C)cnn1CC(C)C. The number of ether oxygens (including phenoxy) is 1. The number of hydrogen-bond acceptors (Lipinski definition) is 4. The number of nitrogens with zero attached hydrogens (tertiary/aromatic N) is 3. The molecule has 0 aliphatic carbocycles. The molecule has 1 aliphatic rings. The summed E-state index contributed by atoms with van der Waals surface area (Å²) >= 11 is 0. The van der Waals surface area contributed by atoms with Gasteiger partial charge in [-0.25, -0.2) is 0 Å². The van der Waals surface area contributed by atoms with Crippen LogP contribution in [0.4, 0.5) is 0 Å². The van der Waals surface area contributed by atoms with E-state index in [1.54, 1.807) is 11.1 Å². The van der Waals surface area contributed by atoms with Crippen molar-refractivity contribution < 1.29 is 14.6 Å². The molecule has 1 saturated heterocycles. The first-order valence-corrected chi connectivity index (χ1v) is 8.06. The van der Waals surface area contributed by atoms with Crippen molar-refractivity contribution in [2.24, 2.45) is 5.92 Å². The van der Waals surface area contributed by atoms with Crippen molar-refractivity contribution in [3.05, 3.63) is 17.5 Å². The zero-order chi connectivity index (χ0) is 16.3. The van der Waals surface area contributed by atoms with Gasteiger partial charge in [-0.2, -0.15) is 5.10 Å². The second kappa shape index (κ2) is 7.24. The summed E-state index contributed by atoms with van der Waals surface area (Å²) in [6.07, 6.45) is 2.16. The molecule has 1 N–H and O–H groups in total. The third-order valence-electron chi connectivity index (χ3n) is 4.02. The highest BCUT2D eigenvalue weighted by Crippen LogP contribution is 2.19. The predicted molar refractivity (Wildman–Crippen MR) is 83.8 cm³/mol. The highest BCUT2D eigenvalue weighted by molar-refractivity contribution is 5.95. The van der Waals surface area contributed by atoms with Crippen LogP contribution in [0.15, 0.2) is 6.20 Å². The lowest BCUT2D eigenvalue weighted by molar-refractivity contribution is -0.0667. The van der Waals surface area contributed by atoms with E-state index in [9.17, 15) is 9.90 Å². The average Bonchev–Trinajstić information content (AvgIpc) is 2.89. The van der Waals surface area contributed by atoms with Gasteiger partial charge in [-0.1, -0.05) is 20.8 Å². The molecule has 1 aromatic rings. The molecule has 22 heavy (non-hydrogen) atoms. The molecule has 1 aromatic heterocycles. The zero-order valence-electron chi connectivity index (χ0n) is 14.0. The maximum Gasteiger partial charge on any atom is 0.257 e. The van der Waals surface area contributed by atoms with Crippen LogP contribution in [0.2, 0.25) is 0 Å². The standard InChI is InChI=1S/C16H27N3O3/c1-5-15-14(6-17-19(15)7-11(2)3)16(21)18-8-13(9-20)22-10-12(18)4/h6,11-13,20H,5,7-10H2,1-4H3/t12-,13-/m1/s1. The Labute approximate surface area is 132 Å². The van der Waals surface area contributed by atoms with Gasteiger partial charge >= 0.3 is 0 Å². The van der Waals surface area contributed by atoms with E-state index < -0.39 is 0 Å². The minimum Gasteiger partial charge on any atom is -0.394 e. The monoisotopic (exact) mass is 309 g/mol. The van der Waals surface area contributed by atoms with Crippen LogP contribution < -0.4 is 0 Å². The fraction of sp³-hybridized carbons (Fsp3) is 0.750. The molecule has 0 unspecified atom stereocenters. The van der Waals surface area contributed by atoms with Crippen LogP contribution in [-0.4, -0.2) is 57.6 Å². The summed E-state index contributed by atoms with van der Waals surface area (Å²) < 4.78 is 7.44. The number of aromatic nitrogens is 2. The van der Waals surface area contributed by atoms with Gasteiger partial charge in [0.15, 0.2) is 0 Å². The molecule has 2 heterocycles. The number of hydrogen-bond donors (Lipinski definition) is 1. The number of rotatable bonds is 5. The summed E-state index contributed by atoms with van der Waals surface area (Å²) in [6, 6.07) is 0.00783. The Morgan fingerprint density at radius 2 is 2.27 bits per heavy atom. The van der Waals surface area contributed by atoms with Crippen LogP contribution >= 0.6 is 0 Å². The van der Waals surface area contributed by atoms with E-state index in [1.807, 2.05) is 18.5 Å². The largest absolute Gasteiger partial charge is 0.394 e. The van der Waals surface area contributed by atoms with Gasteiger partial charge in [0.25, 0.3) is 5.91 Å². The van der Waals surface area contributed by atoms with Crippen molar-refractivity contribution in [3.63, 3.8) is 0 Å². The number of carbonyl (C=O) groups excluding carboxylic acids is 1. The average molecular weight is 309 g/mol. The van der Waals surface area contributed by atoms with Crippen LogP contribution in [0.3, 0.4) is 0 Å². The molecule has 0 aromatic carbocycles. The molecule has 0 saturated carbocycles. The van der Waals surface area contributed by atoms with Crippen molar-refractivity contribution in [1.29, 1.82) is 0 Å². The summed E-state index contributed by atoms with van der Waals surface area (Å²) in [7, 11) is 0. The lowest BCUT2D eigenvalue weighted by Gasteiger charge is -2.37. The first-order valence-electron chi connectivity index (χ1n) is 8.06. The van der Waals surface area contributed by atoms with Crippen molar-refractivity contribution in [2.45, 2.75) is 52.8 Å². The first kappa shape index (κ1) is 17.0.